The van der Waals surface area contributed by atoms with E-state index in [9.17, 15) is 8.78 Å². The van der Waals surface area contributed by atoms with Crippen molar-refractivity contribution in [1.82, 2.24) is 19.9 Å². The molecule has 118 valence electrons. The van der Waals surface area contributed by atoms with Crippen LogP contribution in [0.25, 0.3) is 0 Å². The Bertz CT molecular complexity index is 612. The van der Waals surface area contributed by atoms with E-state index in [2.05, 4.69) is 35.8 Å². The van der Waals surface area contributed by atoms with Crippen LogP contribution in [0, 0.1) is 0 Å². The lowest BCUT2D eigenvalue weighted by atomic mass is 10.3. The Morgan fingerprint density at radius 1 is 1.23 bits per heavy atom. The largest absolute Gasteiger partial charge is 0.353 e. The second-order valence-electron chi connectivity index (χ2n) is 5.14. The van der Waals surface area contributed by atoms with E-state index in [1.54, 1.807) is 12.3 Å². The molecule has 0 spiro atoms. The number of rotatable bonds is 4. The van der Waals surface area contributed by atoms with E-state index in [0.717, 1.165) is 43.0 Å². The number of pyridine rings is 1. The summed E-state index contributed by atoms with van der Waals surface area (Å²) in [6.07, 6.45) is 0.998. The summed E-state index contributed by atoms with van der Waals surface area (Å²) in [5.41, 5.74) is -0.184. The van der Waals surface area contributed by atoms with Crippen LogP contribution in [0.4, 0.5) is 14.6 Å². The summed E-state index contributed by atoms with van der Waals surface area (Å²) in [6.45, 7) is 3.95. The summed E-state index contributed by atoms with van der Waals surface area (Å²) in [4.78, 5) is 15.7. The number of alkyl halides is 2. The van der Waals surface area contributed by atoms with Crippen molar-refractivity contribution in [2.75, 3.05) is 31.1 Å². The molecule has 0 bridgehead atoms. The SMILES string of the molecule is FC(F)c1ccc(Br)c(N2CCN(Cc3ncc[nH]3)CC2)n1. The Kier molecular flexibility index (Phi) is 4.68. The maximum atomic E-state index is 12.8. The molecule has 1 N–H and O–H groups in total. The highest BCUT2D eigenvalue weighted by molar-refractivity contribution is 9.10. The van der Waals surface area contributed by atoms with Crippen LogP contribution in [0.5, 0.6) is 0 Å². The molecular formula is C14H16BrF2N5. The average molecular weight is 372 g/mol. The van der Waals surface area contributed by atoms with Crippen molar-refractivity contribution in [2.24, 2.45) is 0 Å². The molecule has 0 atom stereocenters. The van der Waals surface area contributed by atoms with Gasteiger partial charge in [-0.05, 0) is 28.1 Å². The van der Waals surface area contributed by atoms with Crippen molar-refractivity contribution < 1.29 is 8.78 Å². The van der Waals surface area contributed by atoms with Crippen LogP contribution in [0.15, 0.2) is 29.0 Å². The third-order valence-electron chi connectivity index (χ3n) is 3.67. The maximum Gasteiger partial charge on any atom is 0.280 e. The predicted octanol–water partition coefficient (Wildman–Crippen LogP) is 2.83. The molecule has 0 aliphatic carbocycles. The van der Waals surface area contributed by atoms with Crippen LogP contribution in [-0.2, 0) is 6.54 Å². The average Bonchev–Trinajstić information content (AvgIpc) is 3.01. The predicted molar refractivity (Wildman–Crippen MR) is 83.0 cm³/mol. The van der Waals surface area contributed by atoms with E-state index in [0.29, 0.717) is 5.82 Å². The quantitative estimate of drug-likeness (QED) is 0.897. The highest BCUT2D eigenvalue weighted by Crippen LogP contribution is 2.28. The normalized spacial score (nSPS) is 16.5. The molecule has 5 nitrogen and oxygen atoms in total. The minimum absolute atomic E-state index is 0.184. The molecule has 1 aliphatic rings. The summed E-state index contributed by atoms with van der Waals surface area (Å²) < 4.78 is 26.4. The first-order valence-electron chi connectivity index (χ1n) is 7.03. The third-order valence-corrected chi connectivity index (χ3v) is 4.29. The topological polar surface area (TPSA) is 48.0 Å². The van der Waals surface area contributed by atoms with Crippen molar-refractivity contribution in [2.45, 2.75) is 13.0 Å². The Balaban J connectivity index is 1.64. The zero-order chi connectivity index (χ0) is 15.5. The molecule has 0 unspecified atom stereocenters. The van der Waals surface area contributed by atoms with Gasteiger partial charge in [-0.1, -0.05) is 0 Å². The number of aromatic nitrogens is 3. The zero-order valence-corrected chi connectivity index (χ0v) is 13.4. The number of H-pyrrole nitrogens is 1. The Morgan fingerprint density at radius 3 is 2.64 bits per heavy atom. The number of halogens is 3. The summed E-state index contributed by atoms with van der Waals surface area (Å²) in [5, 5.41) is 0. The number of nitrogens with one attached hydrogen (secondary N) is 1. The first-order valence-corrected chi connectivity index (χ1v) is 7.83. The smallest absolute Gasteiger partial charge is 0.280 e. The maximum absolute atomic E-state index is 12.8. The summed E-state index contributed by atoms with van der Waals surface area (Å²) in [7, 11) is 0. The summed E-state index contributed by atoms with van der Waals surface area (Å²) in [6, 6.07) is 2.99. The van der Waals surface area contributed by atoms with Crippen LogP contribution in [0.1, 0.15) is 17.9 Å². The molecular weight excluding hydrogens is 356 g/mol. The molecule has 1 aliphatic heterocycles. The van der Waals surface area contributed by atoms with E-state index in [1.165, 1.54) is 6.07 Å². The second kappa shape index (κ2) is 6.70. The van der Waals surface area contributed by atoms with E-state index >= 15 is 0 Å². The molecule has 1 fully saturated rings. The number of nitrogens with zero attached hydrogens (tertiary/aromatic N) is 4. The van der Waals surface area contributed by atoms with Gasteiger partial charge in [0, 0.05) is 38.6 Å². The number of aromatic amines is 1. The fourth-order valence-corrected chi connectivity index (χ4v) is 2.97. The molecule has 2 aromatic heterocycles. The van der Waals surface area contributed by atoms with Gasteiger partial charge in [-0.25, -0.2) is 18.7 Å². The van der Waals surface area contributed by atoms with Crippen LogP contribution in [0.2, 0.25) is 0 Å². The van der Waals surface area contributed by atoms with Crippen molar-refractivity contribution >= 4 is 21.7 Å². The first kappa shape index (κ1) is 15.4. The van der Waals surface area contributed by atoms with Gasteiger partial charge in [0.2, 0.25) is 0 Å². The summed E-state index contributed by atoms with van der Waals surface area (Å²) in [5.74, 6) is 1.53. The van der Waals surface area contributed by atoms with Gasteiger partial charge < -0.3 is 9.88 Å². The lowest BCUT2D eigenvalue weighted by Crippen LogP contribution is -2.46. The molecule has 2 aromatic rings. The third kappa shape index (κ3) is 3.44. The van der Waals surface area contributed by atoms with E-state index in [1.807, 2.05) is 11.1 Å². The van der Waals surface area contributed by atoms with Crippen molar-refractivity contribution in [1.29, 1.82) is 0 Å². The highest BCUT2D eigenvalue weighted by atomic mass is 79.9. The van der Waals surface area contributed by atoms with Crippen LogP contribution in [0.3, 0.4) is 0 Å². The molecule has 0 radical (unpaired) electrons. The van der Waals surface area contributed by atoms with Gasteiger partial charge in [-0.2, -0.15) is 0 Å². The fraction of sp³-hybridized carbons (Fsp3) is 0.429. The van der Waals surface area contributed by atoms with E-state index in [4.69, 9.17) is 0 Å². The Hall–Kier alpha value is -1.54. The molecule has 8 heteroatoms. The molecule has 22 heavy (non-hydrogen) atoms. The number of anilines is 1. The minimum Gasteiger partial charge on any atom is -0.353 e. The number of imidazole rings is 1. The van der Waals surface area contributed by atoms with Crippen LogP contribution < -0.4 is 4.90 Å². The monoisotopic (exact) mass is 371 g/mol. The highest BCUT2D eigenvalue weighted by Gasteiger charge is 2.22. The van der Waals surface area contributed by atoms with E-state index in [-0.39, 0.29) is 5.69 Å². The van der Waals surface area contributed by atoms with Gasteiger partial charge in [-0.3, -0.25) is 4.90 Å². The van der Waals surface area contributed by atoms with Gasteiger partial charge in [0.05, 0.1) is 11.0 Å². The minimum atomic E-state index is -2.55. The van der Waals surface area contributed by atoms with Gasteiger partial charge in [0.15, 0.2) is 0 Å². The Labute approximate surface area is 135 Å². The second-order valence-corrected chi connectivity index (χ2v) is 6.00. The van der Waals surface area contributed by atoms with Gasteiger partial charge in [0.25, 0.3) is 6.43 Å². The molecule has 1 saturated heterocycles. The number of piperazine rings is 1. The molecule has 3 rings (SSSR count). The number of hydrogen-bond acceptors (Lipinski definition) is 4. The summed E-state index contributed by atoms with van der Waals surface area (Å²) >= 11 is 3.40. The first-order chi connectivity index (χ1) is 10.6. The lowest BCUT2D eigenvalue weighted by molar-refractivity contribution is 0.146. The van der Waals surface area contributed by atoms with Crippen molar-refractivity contribution in [3.05, 3.63) is 40.5 Å². The standard InChI is InChI=1S/C14H16BrF2N5/c15-10-1-2-11(13(16)17)20-14(10)22-7-5-21(6-8-22)9-12-18-3-4-19-12/h1-4,13H,5-9H2,(H,18,19). The Morgan fingerprint density at radius 2 is 2.00 bits per heavy atom. The number of hydrogen-bond donors (Lipinski definition) is 1. The van der Waals surface area contributed by atoms with Gasteiger partial charge in [0.1, 0.15) is 17.3 Å². The van der Waals surface area contributed by atoms with Crippen LogP contribution in [-0.4, -0.2) is 46.0 Å². The van der Waals surface area contributed by atoms with E-state index < -0.39 is 6.43 Å². The molecule has 0 amide bonds. The van der Waals surface area contributed by atoms with Crippen molar-refractivity contribution in [3.63, 3.8) is 0 Å². The zero-order valence-electron chi connectivity index (χ0n) is 11.8. The van der Waals surface area contributed by atoms with Gasteiger partial charge >= 0.3 is 0 Å². The molecule has 0 saturated carbocycles. The van der Waals surface area contributed by atoms with Gasteiger partial charge in [-0.15, -0.1) is 0 Å². The van der Waals surface area contributed by atoms with Crippen molar-refractivity contribution in [3.8, 4) is 0 Å². The molecule has 0 aromatic carbocycles. The molecule has 3 heterocycles. The van der Waals surface area contributed by atoms with Crippen LogP contribution >= 0.6 is 15.9 Å². The fourth-order valence-electron chi connectivity index (χ4n) is 2.50. The lowest BCUT2D eigenvalue weighted by Gasteiger charge is -2.35.